The van der Waals surface area contributed by atoms with E-state index in [0.717, 1.165) is 19.4 Å². The van der Waals surface area contributed by atoms with E-state index in [0.29, 0.717) is 12.5 Å². The Morgan fingerprint density at radius 2 is 2.06 bits per heavy atom. The van der Waals surface area contributed by atoms with Gasteiger partial charge in [-0.3, -0.25) is 4.79 Å². The summed E-state index contributed by atoms with van der Waals surface area (Å²) in [5.41, 5.74) is 0. The molecule has 18 heavy (non-hydrogen) atoms. The molecule has 2 rings (SSSR count). The number of nitrogens with zero attached hydrogens (tertiary/aromatic N) is 1. The monoisotopic (exact) mass is 274 g/mol. The Hall–Kier alpha value is -0.620. The number of rotatable bonds is 1. The van der Waals surface area contributed by atoms with Crippen LogP contribution in [0.2, 0.25) is 0 Å². The van der Waals surface area contributed by atoms with E-state index in [1.54, 1.807) is 4.90 Å². The molecule has 1 amide bonds. The van der Waals surface area contributed by atoms with Crippen molar-refractivity contribution in [3.05, 3.63) is 0 Å². The van der Waals surface area contributed by atoms with Crippen LogP contribution in [0, 0.1) is 5.92 Å². The first-order valence-electron chi connectivity index (χ1n) is 6.65. The second-order valence-electron chi connectivity index (χ2n) is 5.55. The van der Waals surface area contributed by atoms with Crippen molar-refractivity contribution in [2.75, 3.05) is 24.6 Å². The summed E-state index contributed by atoms with van der Waals surface area (Å²) in [7, 11) is -2.96. The summed E-state index contributed by atoms with van der Waals surface area (Å²) in [4.78, 5) is 14.2. The molecule has 3 unspecified atom stereocenters. The molecule has 3 atom stereocenters. The summed E-state index contributed by atoms with van der Waals surface area (Å²) < 4.78 is 23.0. The number of carbonyl (C=O) groups is 1. The zero-order chi connectivity index (χ0) is 13.3. The van der Waals surface area contributed by atoms with Gasteiger partial charge in [-0.15, -0.1) is 0 Å². The van der Waals surface area contributed by atoms with Gasteiger partial charge in [0.15, 0.2) is 9.84 Å². The van der Waals surface area contributed by atoms with Crippen LogP contribution in [0.25, 0.3) is 0 Å². The third kappa shape index (κ3) is 2.85. The van der Waals surface area contributed by atoms with Gasteiger partial charge >= 0.3 is 0 Å². The van der Waals surface area contributed by atoms with E-state index in [1.165, 1.54) is 0 Å². The summed E-state index contributed by atoms with van der Waals surface area (Å²) in [5.74, 6) is 0.603. The van der Waals surface area contributed by atoms with E-state index >= 15 is 0 Å². The maximum absolute atomic E-state index is 12.5. The van der Waals surface area contributed by atoms with Crippen LogP contribution in [-0.2, 0) is 14.6 Å². The molecule has 0 saturated carbocycles. The van der Waals surface area contributed by atoms with E-state index in [2.05, 4.69) is 12.2 Å². The highest BCUT2D eigenvalue weighted by Gasteiger charge is 2.37. The SMILES string of the molecule is CC1CCCNC1C(=O)N1CCS(=O)(=O)CC1C. The molecule has 0 aliphatic carbocycles. The number of piperidine rings is 1. The first-order chi connectivity index (χ1) is 8.41. The van der Waals surface area contributed by atoms with Gasteiger partial charge in [0, 0.05) is 12.6 Å². The molecule has 6 heteroatoms. The third-order valence-corrected chi connectivity index (χ3v) is 5.78. The molecule has 2 fully saturated rings. The zero-order valence-corrected chi connectivity index (χ0v) is 11.9. The molecule has 0 spiro atoms. The van der Waals surface area contributed by atoms with E-state index in [-0.39, 0.29) is 29.5 Å². The second kappa shape index (κ2) is 5.17. The molecule has 2 heterocycles. The molecule has 0 radical (unpaired) electrons. The lowest BCUT2D eigenvalue weighted by atomic mass is 9.91. The van der Waals surface area contributed by atoms with Gasteiger partial charge in [0.2, 0.25) is 5.91 Å². The second-order valence-corrected chi connectivity index (χ2v) is 7.78. The number of amides is 1. The molecule has 0 bridgehead atoms. The fourth-order valence-electron chi connectivity index (χ4n) is 2.88. The van der Waals surface area contributed by atoms with Gasteiger partial charge in [-0.1, -0.05) is 6.92 Å². The van der Waals surface area contributed by atoms with Crippen LogP contribution in [0.1, 0.15) is 26.7 Å². The highest BCUT2D eigenvalue weighted by atomic mass is 32.2. The van der Waals surface area contributed by atoms with Crippen LogP contribution in [0.15, 0.2) is 0 Å². The van der Waals surface area contributed by atoms with Crippen LogP contribution >= 0.6 is 0 Å². The van der Waals surface area contributed by atoms with Crippen LogP contribution in [0.4, 0.5) is 0 Å². The Labute approximate surface area is 109 Å². The molecule has 0 aromatic carbocycles. The largest absolute Gasteiger partial charge is 0.337 e. The molecular weight excluding hydrogens is 252 g/mol. The van der Waals surface area contributed by atoms with Crippen molar-refractivity contribution in [3.8, 4) is 0 Å². The smallest absolute Gasteiger partial charge is 0.240 e. The molecule has 1 N–H and O–H groups in total. The predicted octanol–water partition coefficient (Wildman–Crippen LogP) is 0.0200. The normalized spacial score (nSPS) is 36.3. The minimum Gasteiger partial charge on any atom is -0.337 e. The van der Waals surface area contributed by atoms with Crippen LogP contribution < -0.4 is 5.32 Å². The van der Waals surface area contributed by atoms with Gasteiger partial charge in [-0.25, -0.2) is 8.42 Å². The summed E-state index contributed by atoms with van der Waals surface area (Å²) in [6.45, 7) is 5.12. The molecular formula is C12H22N2O3S. The van der Waals surface area contributed by atoms with Crippen molar-refractivity contribution in [3.63, 3.8) is 0 Å². The standard InChI is InChI=1S/C12H22N2O3S/c1-9-4-3-5-13-11(9)12(15)14-6-7-18(16,17)8-10(14)2/h9-11,13H,3-8H2,1-2H3. The lowest BCUT2D eigenvalue weighted by Crippen LogP contribution is -2.58. The Balaban J connectivity index is 2.05. The minimum atomic E-state index is -2.96. The Kier molecular flexibility index (Phi) is 3.96. The average molecular weight is 274 g/mol. The van der Waals surface area contributed by atoms with E-state index in [1.807, 2.05) is 6.92 Å². The van der Waals surface area contributed by atoms with Crippen molar-refractivity contribution in [1.29, 1.82) is 0 Å². The van der Waals surface area contributed by atoms with Gasteiger partial charge in [0.1, 0.15) is 0 Å². The summed E-state index contributed by atoms with van der Waals surface area (Å²) in [6.07, 6.45) is 2.17. The lowest BCUT2D eigenvalue weighted by molar-refractivity contribution is -0.136. The summed E-state index contributed by atoms with van der Waals surface area (Å²) >= 11 is 0. The fraction of sp³-hybridized carbons (Fsp3) is 0.917. The lowest BCUT2D eigenvalue weighted by Gasteiger charge is -2.38. The van der Waals surface area contributed by atoms with Gasteiger partial charge < -0.3 is 10.2 Å². The first kappa shape index (κ1) is 13.8. The maximum Gasteiger partial charge on any atom is 0.240 e. The molecule has 2 aliphatic heterocycles. The zero-order valence-electron chi connectivity index (χ0n) is 11.1. The number of nitrogens with one attached hydrogen (secondary N) is 1. The van der Waals surface area contributed by atoms with Crippen LogP contribution in [0.3, 0.4) is 0 Å². The fourth-order valence-corrected chi connectivity index (χ4v) is 4.44. The molecule has 5 nitrogen and oxygen atoms in total. The molecule has 2 saturated heterocycles. The van der Waals surface area contributed by atoms with Gasteiger partial charge in [-0.05, 0) is 32.2 Å². The molecule has 2 aliphatic rings. The average Bonchev–Trinajstić information content (AvgIpc) is 2.27. The topological polar surface area (TPSA) is 66.5 Å². The molecule has 104 valence electrons. The van der Waals surface area contributed by atoms with Crippen molar-refractivity contribution < 1.29 is 13.2 Å². The number of sulfone groups is 1. The van der Waals surface area contributed by atoms with Gasteiger partial charge in [0.05, 0.1) is 17.5 Å². The summed E-state index contributed by atoms with van der Waals surface area (Å²) in [5, 5.41) is 3.27. The van der Waals surface area contributed by atoms with Crippen molar-refractivity contribution >= 4 is 15.7 Å². The van der Waals surface area contributed by atoms with Gasteiger partial charge in [0.25, 0.3) is 0 Å². The number of hydrogen-bond donors (Lipinski definition) is 1. The Morgan fingerprint density at radius 3 is 2.67 bits per heavy atom. The quantitative estimate of drug-likeness (QED) is 0.732. The van der Waals surface area contributed by atoms with Crippen molar-refractivity contribution in [2.24, 2.45) is 5.92 Å². The van der Waals surface area contributed by atoms with Crippen molar-refractivity contribution in [1.82, 2.24) is 10.2 Å². The van der Waals surface area contributed by atoms with Gasteiger partial charge in [-0.2, -0.15) is 0 Å². The molecule has 0 aromatic heterocycles. The maximum atomic E-state index is 12.5. The van der Waals surface area contributed by atoms with Crippen molar-refractivity contribution in [2.45, 2.75) is 38.8 Å². The first-order valence-corrected chi connectivity index (χ1v) is 8.47. The highest BCUT2D eigenvalue weighted by molar-refractivity contribution is 7.91. The third-order valence-electron chi connectivity index (χ3n) is 3.99. The van der Waals surface area contributed by atoms with Crippen LogP contribution in [0.5, 0.6) is 0 Å². The Morgan fingerprint density at radius 1 is 1.33 bits per heavy atom. The van der Waals surface area contributed by atoms with Crippen LogP contribution in [-0.4, -0.2) is 55.9 Å². The van der Waals surface area contributed by atoms with E-state index < -0.39 is 9.84 Å². The number of hydrogen-bond acceptors (Lipinski definition) is 4. The predicted molar refractivity (Wildman–Crippen MR) is 70.0 cm³/mol. The Bertz CT molecular complexity index is 421. The van der Waals surface area contributed by atoms with E-state index in [4.69, 9.17) is 0 Å². The minimum absolute atomic E-state index is 0.0737. The number of carbonyl (C=O) groups excluding carboxylic acids is 1. The van der Waals surface area contributed by atoms with E-state index in [9.17, 15) is 13.2 Å². The molecule has 0 aromatic rings. The highest BCUT2D eigenvalue weighted by Crippen LogP contribution is 2.20. The summed E-state index contributed by atoms with van der Waals surface area (Å²) in [6, 6.07) is -0.339.